The van der Waals surface area contributed by atoms with Gasteiger partial charge in [0.05, 0.1) is 12.2 Å². The Hall–Kier alpha value is -2.73. The Bertz CT molecular complexity index is 837. The zero-order valence-electron chi connectivity index (χ0n) is 13.5. The lowest BCUT2D eigenvalue weighted by atomic mass is 10.1. The molecule has 24 heavy (non-hydrogen) atoms. The fourth-order valence-electron chi connectivity index (χ4n) is 2.44. The molecule has 0 spiro atoms. The average molecular weight is 338 g/mol. The summed E-state index contributed by atoms with van der Waals surface area (Å²) < 4.78 is 1.78. The summed E-state index contributed by atoms with van der Waals surface area (Å²) in [6, 6.07) is 9.48. The monoisotopic (exact) mass is 338 g/mol. The summed E-state index contributed by atoms with van der Waals surface area (Å²) in [6.45, 7) is 3.92. The average Bonchev–Trinajstić information content (AvgIpc) is 3.23. The minimum absolute atomic E-state index is 0.124. The van der Waals surface area contributed by atoms with Gasteiger partial charge in [0.1, 0.15) is 0 Å². The highest BCUT2D eigenvalue weighted by molar-refractivity contribution is 7.10. The standard InChI is InChI=1S/C18H18N4OS/c1-13(21-18(23)9-8-15-6-5-11-24-15)16-12-20-22(14(16)2)17-7-3-4-10-19-17/h3-13H,1-2H3,(H,21,23)/b9-8+. The van der Waals surface area contributed by atoms with Gasteiger partial charge in [-0.2, -0.15) is 5.10 Å². The van der Waals surface area contributed by atoms with E-state index in [2.05, 4.69) is 15.4 Å². The summed E-state index contributed by atoms with van der Waals surface area (Å²) in [7, 11) is 0. The van der Waals surface area contributed by atoms with Crippen LogP contribution in [0, 0.1) is 6.92 Å². The molecule has 0 fully saturated rings. The molecule has 0 saturated carbocycles. The van der Waals surface area contributed by atoms with Crippen LogP contribution in [0.15, 0.2) is 54.2 Å². The van der Waals surface area contributed by atoms with Crippen LogP contribution < -0.4 is 5.32 Å². The fourth-order valence-corrected chi connectivity index (χ4v) is 3.06. The highest BCUT2D eigenvalue weighted by Gasteiger charge is 2.15. The molecule has 0 aliphatic heterocycles. The number of nitrogens with one attached hydrogen (secondary N) is 1. The largest absolute Gasteiger partial charge is 0.346 e. The second-order valence-corrected chi connectivity index (χ2v) is 6.34. The molecule has 1 unspecified atom stereocenters. The molecule has 3 heterocycles. The van der Waals surface area contributed by atoms with Crippen LogP contribution >= 0.6 is 11.3 Å². The van der Waals surface area contributed by atoms with Crippen LogP contribution in [-0.4, -0.2) is 20.7 Å². The molecular weight excluding hydrogens is 320 g/mol. The predicted molar refractivity (Wildman–Crippen MR) is 96.0 cm³/mol. The first-order valence-corrected chi connectivity index (χ1v) is 8.51. The molecule has 0 bridgehead atoms. The number of hydrogen-bond donors (Lipinski definition) is 1. The number of aromatic nitrogens is 3. The minimum Gasteiger partial charge on any atom is -0.346 e. The van der Waals surface area contributed by atoms with Crippen LogP contribution in [0.25, 0.3) is 11.9 Å². The van der Waals surface area contributed by atoms with Crippen LogP contribution in [0.3, 0.4) is 0 Å². The SMILES string of the molecule is Cc1c(C(C)NC(=O)/C=C/c2cccs2)cnn1-c1ccccn1. The molecule has 0 saturated heterocycles. The van der Waals surface area contributed by atoms with Crippen molar-refractivity contribution in [3.05, 3.63) is 70.3 Å². The Morgan fingerprint density at radius 3 is 2.92 bits per heavy atom. The van der Waals surface area contributed by atoms with Crippen molar-refractivity contribution >= 4 is 23.3 Å². The summed E-state index contributed by atoms with van der Waals surface area (Å²) in [5.41, 5.74) is 1.93. The molecule has 0 aliphatic carbocycles. The molecule has 3 aromatic heterocycles. The van der Waals surface area contributed by atoms with Gasteiger partial charge in [-0.15, -0.1) is 11.3 Å². The molecule has 0 radical (unpaired) electrons. The van der Waals surface area contributed by atoms with E-state index in [1.165, 1.54) is 0 Å². The fraction of sp³-hybridized carbons (Fsp3) is 0.167. The van der Waals surface area contributed by atoms with Crippen molar-refractivity contribution in [2.75, 3.05) is 0 Å². The molecular formula is C18H18N4OS. The Kier molecular flexibility index (Phi) is 4.86. The van der Waals surface area contributed by atoms with E-state index in [1.54, 1.807) is 34.5 Å². The van der Waals surface area contributed by atoms with Crippen molar-refractivity contribution < 1.29 is 4.79 Å². The van der Waals surface area contributed by atoms with Gasteiger partial charge in [-0.25, -0.2) is 9.67 Å². The Morgan fingerprint density at radius 1 is 1.33 bits per heavy atom. The van der Waals surface area contributed by atoms with Gasteiger partial charge in [-0.3, -0.25) is 4.79 Å². The highest BCUT2D eigenvalue weighted by atomic mass is 32.1. The number of rotatable bonds is 5. The van der Waals surface area contributed by atoms with Gasteiger partial charge in [0, 0.05) is 28.4 Å². The van der Waals surface area contributed by atoms with Crippen LogP contribution in [0.2, 0.25) is 0 Å². The second-order valence-electron chi connectivity index (χ2n) is 5.36. The van der Waals surface area contributed by atoms with Crippen molar-refractivity contribution in [2.24, 2.45) is 0 Å². The maximum atomic E-state index is 12.1. The maximum Gasteiger partial charge on any atom is 0.244 e. The lowest BCUT2D eigenvalue weighted by molar-refractivity contribution is -0.117. The van der Waals surface area contributed by atoms with Crippen LogP contribution in [0.4, 0.5) is 0 Å². The molecule has 3 aromatic rings. The number of hydrogen-bond acceptors (Lipinski definition) is 4. The van der Waals surface area contributed by atoms with E-state index in [0.29, 0.717) is 0 Å². The first-order chi connectivity index (χ1) is 11.6. The molecule has 122 valence electrons. The number of nitrogens with zero attached hydrogens (tertiary/aromatic N) is 3. The number of carbonyl (C=O) groups is 1. The molecule has 0 aromatic carbocycles. The molecule has 5 nitrogen and oxygen atoms in total. The van der Waals surface area contributed by atoms with Crippen molar-refractivity contribution in [1.82, 2.24) is 20.1 Å². The third kappa shape index (κ3) is 3.60. The Morgan fingerprint density at radius 2 is 2.21 bits per heavy atom. The summed E-state index contributed by atoms with van der Waals surface area (Å²) in [6.07, 6.45) is 6.88. The van der Waals surface area contributed by atoms with E-state index in [0.717, 1.165) is 22.0 Å². The number of amides is 1. The summed E-state index contributed by atoms with van der Waals surface area (Å²) in [4.78, 5) is 17.4. The van der Waals surface area contributed by atoms with Crippen molar-refractivity contribution in [1.29, 1.82) is 0 Å². The Labute approximate surface area is 144 Å². The van der Waals surface area contributed by atoms with E-state index < -0.39 is 0 Å². The number of carbonyl (C=O) groups excluding carboxylic acids is 1. The maximum absolute atomic E-state index is 12.1. The van der Waals surface area contributed by atoms with Gasteiger partial charge in [-0.05, 0) is 43.5 Å². The summed E-state index contributed by atoms with van der Waals surface area (Å²) in [5.74, 6) is 0.637. The molecule has 3 rings (SSSR count). The Balaban J connectivity index is 1.70. The van der Waals surface area contributed by atoms with Gasteiger partial charge >= 0.3 is 0 Å². The van der Waals surface area contributed by atoms with Gasteiger partial charge in [-0.1, -0.05) is 12.1 Å². The highest BCUT2D eigenvalue weighted by Crippen LogP contribution is 2.19. The minimum atomic E-state index is -0.136. The van der Waals surface area contributed by atoms with Crippen LogP contribution in [0.5, 0.6) is 0 Å². The third-order valence-corrected chi connectivity index (χ3v) is 4.52. The molecule has 0 aliphatic rings. The van der Waals surface area contributed by atoms with Crippen LogP contribution in [-0.2, 0) is 4.79 Å². The summed E-state index contributed by atoms with van der Waals surface area (Å²) >= 11 is 1.60. The quantitative estimate of drug-likeness (QED) is 0.724. The third-order valence-electron chi connectivity index (χ3n) is 3.68. The van der Waals surface area contributed by atoms with E-state index in [-0.39, 0.29) is 11.9 Å². The van der Waals surface area contributed by atoms with Crippen LogP contribution in [0.1, 0.15) is 29.1 Å². The smallest absolute Gasteiger partial charge is 0.244 e. The first kappa shape index (κ1) is 16.1. The second kappa shape index (κ2) is 7.23. The number of thiophene rings is 1. The van der Waals surface area contributed by atoms with Gasteiger partial charge in [0.15, 0.2) is 5.82 Å². The van der Waals surface area contributed by atoms with E-state index in [9.17, 15) is 4.79 Å². The predicted octanol–water partition coefficient (Wildman–Crippen LogP) is 3.53. The topological polar surface area (TPSA) is 59.8 Å². The lowest BCUT2D eigenvalue weighted by Crippen LogP contribution is -2.25. The van der Waals surface area contributed by atoms with E-state index in [1.807, 2.05) is 55.6 Å². The molecule has 6 heteroatoms. The summed E-state index contributed by atoms with van der Waals surface area (Å²) in [5, 5.41) is 9.34. The molecule has 1 N–H and O–H groups in total. The lowest BCUT2D eigenvalue weighted by Gasteiger charge is -2.12. The van der Waals surface area contributed by atoms with Crippen molar-refractivity contribution in [3.63, 3.8) is 0 Å². The van der Waals surface area contributed by atoms with Crippen molar-refractivity contribution in [3.8, 4) is 5.82 Å². The zero-order chi connectivity index (χ0) is 16.9. The van der Waals surface area contributed by atoms with Crippen molar-refractivity contribution in [2.45, 2.75) is 19.9 Å². The number of pyridine rings is 1. The molecule has 1 atom stereocenters. The van der Waals surface area contributed by atoms with E-state index >= 15 is 0 Å². The van der Waals surface area contributed by atoms with Gasteiger partial charge in [0.2, 0.25) is 5.91 Å². The zero-order valence-corrected chi connectivity index (χ0v) is 14.3. The first-order valence-electron chi connectivity index (χ1n) is 7.63. The molecule has 1 amide bonds. The normalized spacial score (nSPS) is 12.4. The van der Waals surface area contributed by atoms with Gasteiger partial charge < -0.3 is 5.32 Å². The van der Waals surface area contributed by atoms with E-state index in [4.69, 9.17) is 0 Å². The van der Waals surface area contributed by atoms with Gasteiger partial charge in [0.25, 0.3) is 0 Å².